The van der Waals surface area contributed by atoms with Crippen molar-refractivity contribution in [3.8, 4) is 5.69 Å². The topological polar surface area (TPSA) is 78.0 Å². The number of rotatable bonds is 4. The number of sulfone groups is 1. The number of alkyl halides is 6. The normalized spacial score (nSPS) is 12.9. The molecule has 2 aromatic carbocycles. The first-order valence-corrected chi connectivity index (χ1v) is 12.0. The molecule has 178 valence electrons. The summed E-state index contributed by atoms with van der Waals surface area (Å²) in [5.74, 6) is -0.597. The highest BCUT2D eigenvalue weighted by Crippen LogP contribution is 2.42. The van der Waals surface area contributed by atoms with Gasteiger partial charge in [0, 0.05) is 0 Å². The minimum Gasteiger partial charge on any atom is -0.382 e. The van der Waals surface area contributed by atoms with Crippen molar-refractivity contribution in [3.63, 3.8) is 0 Å². The Hall–Kier alpha value is -2.09. The van der Waals surface area contributed by atoms with E-state index in [1.807, 2.05) is 0 Å². The maximum Gasteiger partial charge on any atom is 0.416 e. The van der Waals surface area contributed by atoms with Gasteiger partial charge in [0.25, 0.3) is 0 Å². The van der Waals surface area contributed by atoms with Crippen LogP contribution in [0.25, 0.3) is 5.69 Å². The van der Waals surface area contributed by atoms with E-state index in [-0.39, 0.29) is 10.7 Å². The summed E-state index contributed by atoms with van der Waals surface area (Å²) >= 11 is 12.7. The summed E-state index contributed by atoms with van der Waals surface area (Å²) in [5.41, 5.74) is 3.28. The van der Waals surface area contributed by atoms with Gasteiger partial charge in [0.2, 0.25) is 9.84 Å². The van der Waals surface area contributed by atoms with Crippen molar-refractivity contribution in [2.24, 2.45) is 0 Å². The number of halogens is 8. The zero-order valence-electron chi connectivity index (χ0n) is 16.1. The van der Waals surface area contributed by atoms with Crippen LogP contribution in [0.1, 0.15) is 11.1 Å². The van der Waals surface area contributed by atoms with E-state index in [0.29, 0.717) is 24.3 Å². The van der Waals surface area contributed by atoms with Crippen molar-refractivity contribution >= 4 is 50.6 Å². The fourth-order valence-electron chi connectivity index (χ4n) is 2.84. The lowest BCUT2D eigenvalue weighted by atomic mass is 10.2. The number of aromatic nitrogens is 2. The molecule has 0 aliphatic rings. The first-order valence-electron chi connectivity index (χ1n) is 8.50. The third kappa shape index (κ3) is 4.77. The van der Waals surface area contributed by atoms with Crippen molar-refractivity contribution < 1.29 is 34.8 Å². The summed E-state index contributed by atoms with van der Waals surface area (Å²) in [5, 5.41) is 2.70. The van der Waals surface area contributed by atoms with E-state index in [9.17, 15) is 34.8 Å². The van der Waals surface area contributed by atoms with Crippen LogP contribution < -0.4 is 5.73 Å². The zero-order valence-corrected chi connectivity index (χ0v) is 19.2. The maximum absolute atomic E-state index is 13.2. The van der Waals surface area contributed by atoms with Crippen molar-refractivity contribution in [3.05, 3.63) is 57.6 Å². The third-order valence-corrected chi connectivity index (χ3v) is 7.53. The largest absolute Gasteiger partial charge is 0.416 e. The summed E-state index contributed by atoms with van der Waals surface area (Å²) in [6.45, 7) is 0. The molecule has 0 aliphatic heterocycles. The summed E-state index contributed by atoms with van der Waals surface area (Å²) in [7, 11) is -4.63. The Morgan fingerprint density at radius 2 is 1.52 bits per heavy atom. The molecule has 0 atom stereocenters. The lowest BCUT2D eigenvalue weighted by molar-refractivity contribution is -0.138. The minimum atomic E-state index is -4.80. The fraction of sp³-hybridized carbons (Fsp3) is 0.167. The molecule has 1 heterocycles. The maximum atomic E-state index is 13.2. The van der Waals surface area contributed by atoms with Gasteiger partial charge in [-0.05, 0) is 36.6 Å². The van der Waals surface area contributed by atoms with Gasteiger partial charge in [0.15, 0.2) is 0 Å². The second kappa shape index (κ2) is 8.60. The van der Waals surface area contributed by atoms with E-state index in [4.69, 9.17) is 28.9 Å². The van der Waals surface area contributed by atoms with Gasteiger partial charge in [0.1, 0.15) is 21.4 Å². The molecule has 0 aliphatic carbocycles. The molecule has 3 aromatic rings. The molecule has 0 bridgehead atoms. The molecular weight excluding hydrogens is 539 g/mol. The van der Waals surface area contributed by atoms with Crippen LogP contribution in [-0.2, 0) is 22.2 Å². The number of hydrogen-bond donors (Lipinski definition) is 1. The molecule has 33 heavy (non-hydrogen) atoms. The Balaban J connectivity index is 2.24. The van der Waals surface area contributed by atoms with Crippen LogP contribution in [0.4, 0.5) is 32.2 Å². The monoisotopic (exact) mass is 549 g/mol. The Morgan fingerprint density at radius 3 is 2.00 bits per heavy atom. The first kappa shape index (κ1) is 25.5. The summed E-state index contributed by atoms with van der Waals surface area (Å²) < 4.78 is 105. The van der Waals surface area contributed by atoms with Crippen molar-refractivity contribution in [1.29, 1.82) is 0 Å². The lowest BCUT2D eigenvalue weighted by Gasteiger charge is -2.13. The molecule has 0 saturated carbocycles. The van der Waals surface area contributed by atoms with Gasteiger partial charge in [-0.3, -0.25) is 0 Å². The molecular formula is C18H11Cl2F6N3O2S2. The highest BCUT2D eigenvalue weighted by molar-refractivity contribution is 7.99. The van der Waals surface area contributed by atoms with Gasteiger partial charge in [0.05, 0.1) is 26.1 Å². The van der Waals surface area contributed by atoms with Crippen LogP contribution in [0.2, 0.25) is 10.0 Å². The standard InChI is InChI=1S/C18H11Cl2F6N3O2S2/c1-32-16-14(33(30,31)10-4-2-3-8(5-10)17(21,22)23)15(27)29(28-16)13-11(19)6-9(7-12(13)20)18(24,25)26/h2-7H,27H2,1H3. The predicted octanol–water partition coefficient (Wildman–Crippen LogP) is 6.35. The summed E-state index contributed by atoms with van der Waals surface area (Å²) in [6.07, 6.45) is -8.14. The highest BCUT2D eigenvalue weighted by Gasteiger charge is 2.36. The van der Waals surface area contributed by atoms with Gasteiger partial charge in [-0.25, -0.2) is 13.1 Å². The molecule has 2 N–H and O–H groups in total. The predicted molar refractivity (Wildman–Crippen MR) is 112 cm³/mol. The van der Waals surface area contributed by atoms with Crippen LogP contribution >= 0.6 is 35.0 Å². The number of benzene rings is 2. The van der Waals surface area contributed by atoms with Crippen LogP contribution in [0.3, 0.4) is 0 Å². The quantitative estimate of drug-likeness (QED) is 0.303. The number of hydrogen-bond acceptors (Lipinski definition) is 5. The Morgan fingerprint density at radius 1 is 0.970 bits per heavy atom. The van der Waals surface area contributed by atoms with Crippen LogP contribution in [-0.4, -0.2) is 24.5 Å². The average Bonchev–Trinajstić information content (AvgIpc) is 3.03. The number of nitrogen functional groups attached to an aromatic ring is 1. The Bertz CT molecular complexity index is 1310. The number of thioether (sulfide) groups is 1. The van der Waals surface area contributed by atoms with Crippen LogP contribution in [0, 0.1) is 0 Å². The van der Waals surface area contributed by atoms with E-state index in [1.165, 1.54) is 6.26 Å². The molecule has 0 saturated heterocycles. The van der Waals surface area contributed by atoms with Crippen molar-refractivity contribution in [2.75, 3.05) is 12.0 Å². The third-order valence-electron chi connectivity index (χ3n) is 4.34. The van der Waals surface area contributed by atoms with Gasteiger partial charge >= 0.3 is 12.4 Å². The number of nitrogens with zero attached hydrogens (tertiary/aromatic N) is 2. The van der Waals surface area contributed by atoms with Gasteiger partial charge in [-0.1, -0.05) is 29.3 Å². The SMILES string of the molecule is CSc1nn(-c2c(Cl)cc(C(F)(F)F)cc2Cl)c(N)c1S(=O)(=O)c1cccc(C(F)(F)F)c1. The van der Waals surface area contributed by atoms with Crippen molar-refractivity contribution in [2.45, 2.75) is 27.2 Å². The van der Waals surface area contributed by atoms with Gasteiger partial charge in [-0.2, -0.15) is 31.4 Å². The second-order valence-corrected chi connectivity index (χ2v) is 9.95. The zero-order chi connectivity index (χ0) is 24.9. The Labute approximate surface area is 197 Å². The van der Waals surface area contributed by atoms with E-state index in [1.54, 1.807) is 0 Å². The lowest BCUT2D eigenvalue weighted by Crippen LogP contribution is -2.11. The average molecular weight is 550 g/mol. The van der Waals surface area contributed by atoms with E-state index in [0.717, 1.165) is 28.6 Å². The van der Waals surface area contributed by atoms with Gasteiger partial charge in [-0.15, -0.1) is 11.8 Å². The van der Waals surface area contributed by atoms with Gasteiger partial charge < -0.3 is 5.73 Å². The molecule has 5 nitrogen and oxygen atoms in total. The van der Waals surface area contributed by atoms with E-state index in [2.05, 4.69) is 5.10 Å². The minimum absolute atomic E-state index is 0.225. The first-order chi connectivity index (χ1) is 15.1. The van der Waals surface area contributed by atoms with Crippen LogP contribution in [0.15, 0.2) is 51.2 Å². The molecule has 0 spiro atoms. The van der Waals surface area contributed by atoms with E-state index < -0.39 is 59.0 Å². The summed E-state index contributed by atoms with van der Waals surface area (Å²) in [4.78, 5) is -1.34. The fourth-order valence-corrected chi connectivity index (χ4v) is 5.93. The summed E-state index contributed by atoms with van der Waals surface area (Å²) in [6, 6.07) is 4.12. The molecule has 0 amide bonds. The smallest absolute Gasteiger partial charge is 0.382 e. The molecule has 1 aromatic heterocycles. The molecule has 0 radical (unpaired) electrons. The van der Waals surface area contributed by atoms with Crippen molar-refractivity contribution in [1.82, 2.24) is 9.78 Å². The van der Waals surface area contributed by atoms with Crippen LogP contribution in [0.5, 0.6) is 0 Å². The highest BCUT2D eigenvalue weighted by atomic mass is 35.5. The molecule has 15 heteroatoms. The molecule has 0 fully saturated rings. The molecule has 0 unspecified atom stereocenters. The second-order valence-electron chi connectivity index (χ2n) is 6.45. The molecule has 3 rings (SSSR count). The Kier molecular flexibility index (Phi) is 6.65. The number of nitrogens with two attached hydrogens (primary N) is 1. The number of anilines is 1. The van der Waals surface area contributed by atoms with E-state index >= 15 is 0 Å².